The van der Waals surface area contributed by atoms with Gasteiger partial charge in [-0.05, 0) is 26.3 Å². The third kappa shape index (κ3) is 3.62. The molecule has 1 fully saturated rings. The van der Waals surface area contributed by atoms with Crippen molar-refractivity contribution in [2.45, 2.75) is 37.2 Å². The minimum Gasteiger partial charge on any atom is -0.299 e. The van der Waals surface area contributed by atoms with Crippen LogP contribution in [-0.4, -0.2) is 38.5 Å². The van der Waals surface area contributed by atoms with Crippen molar-refractivity contribution in [1.29, 1.82) is 0 Å². The van der Waals surface area contributed by atoms with Crippen LogP contribution < -0.4 is 4.72 Å². The molecule has 108 valence electrons. The fourth-order valence-corrected chi connectivity index (χ4v) is 5.55. The topological polar surface area (TPSA) is 49.4 Å². The Labute approximate surface area is 127 Å². The summed E-state index contributed by atoms with van der Waals surface area (Å²) in [5.74, 6) is 0. The second-order valence-corrected chi connectivity index (χ2v) is 8.85. The SMILES string of the molecule is CC(C)N1CC[C@H](NS(=O)(=O)c2cc(Cl)sc2Cl)C1. The van der Waals surface area contributed by atoms with Gasteiger partial charge in [-0.3, -0.25) is 4.90 Å². The zero-order chi connectivity index (χ0) is 14.2. The lowest BCUT2D eigenvalue weighted by molar-refractivity contribution is 0.271. The van der Waals surface area contributed by atoms with Gasteiger partial charge >= 0.3 is 0 Å². The van der Waals surface area contributed by atoms with E-state index in [1.165, 1.54) is 6.07 Å². The Balaban J connectivity index is 2.09. The summed E-state index contributed by atoms with van der Waals surface area (Å²) in [7, 11) is -3.59. The predicted octanol–water partition coefficient (Wildman–Crippen LogP) is 2.82. The second kappa shape index (κ2) is 5.87. The van der Waals surface area contributed by atoms with Crippen molar-refractivity contribution in [3.63, 3.8) is 0 Å². The lowest BCUT2D eigenvalue weighted by atomic mass is 10.3. The largest absolute Gasteiger partial charge is 0.299 e. The van der Waals surface area contributed by atoms with Gasteiger partial charge in [-0.25, -0.2) is 13.1 Å². The van der Waals surface area contributed by atoms with Crippen LogP contribution in [0.3, 0.4) is 0 Å². The molecule has 1 atom stereocenters. The number of halogens is 2. The molecular weight excluding hydrogens is 327 g/mol. The molecule has 8 heteroatoms. The Bertz CT molecular complexity index is 557. The fraction of sp³-hybridized carbons (Fsp3) is 0.636. The smallest absolute Gasteiger partial charge is 0.243 e. The number of sulfonamides is 1. The van der Waals surface area contributed by atoms with Crippen LogP contribution in [0.2, 0.25) is 8.67 Å². The highest BCUT2D eigenvalue weighted by atomic mass is 35.5. The van der Waals surface area contributed by atoms with Gasteiger partial charge in [-0.15, -0.1) is 11.3 Å². The fourth-order valence-electron chi connectivity index (χ4n) is 2.14. The molecule has 1 aromatic rings. The van der Waals surface area contributed by atoms with Gasteiger partial charge in [0.2, 0.25) is 10.0 Å². The number of rotatable bonds is 4. The van der Waals surface area contributed by atoms with E-state index in [2.05, 4.69) is 23.5 Å². The maximum Gasteiger partial charge on any atom is 0.243 e. The predicted molar refractivity (Wildman–Crippen MR) is 79.8 cm³/mol. The Morgan fingerprint density at radius 1 is 1.47 bits per heavy atom. The minimum atomic E-state index is -3.59. The van der Waals surface area contributed by atoms with E-state index in [9.17, 15) is 8.42 Å². The normalized spacial score (nSPS) is 21.4. The Morgan fingerprint density at radius 3 is 2.63 bits per heavy atom. The zero-order valence-electron chi connectivity index (χ0n) is 10.7. The summed E-state index contributed by atoms with van der Waals surface area (Å²) in [6.07, 6.45) is 0.812. The third-order valence-electron chi connectivity index (χ3n) is 3.19. The van der Waals surface area contributed by atoms with Gasteiger partial charge in [0.1, 0.15) is 9.23 Å². The molecule has 0 aliphatic carbocycles. The molecule has 4 nitrogen and oxygen atoms in total. The molecule has 0 amide bonds. The lowest BCUT2D eigenvalue weighted by Crippen LogP contribution is -2.38. The molecule has 0 unspecified atom stereocenters. The molecule has 2 heterocycles. The van der Waals surface area contributed by atoms with Crippen molar-refractivity contribution >= 4 is 44.6 Å². The number of nitrogens with one attached hydrogen (secondary N) is 1. The number of hydrogen-bond acceptors (Lipinski definition) is 4. The molecule has 0 radical (unpaired) electrons. The molecule has 0 spiro atoms. The minimum absolute atomic E-state index is 0.0675. The molecule has 0 bridgehead atoms. The number of likely N-dealkylation sites (tertiary alicyclic amines) is 1. The van der Waals surface area contributed by atoms with E-state index in [4.69, 9.17) is 23.2 Å². The van der Waals surface area contributed by atoms with Crippen LogP contribution >= 0.6 is 34.5 Å². The van der Waals surface area contributed by atoms with Crippen molar-refractivity contribution in [2.75, 3.05) is 13.1 Å². The molecule has 1 N–H and O–H groups in total. The highest BCUT2D eigenvalue weighted by Gasteiger charge is 2.30. The first kappa shape index (κ1) is 15.5. The average Bonchev–Trinajstić information content (AvgIpc) is 2.85. The molecule has 1 saturated heterocycles. The van der Waals surface area contributed by atoms with Gasteiger partial charge in [-0.1, -0.05) is 23.2 Å². The molecule has 0 saturated carbocycles. The molecule has 1 aliphatic heterocycles. The van der Waals surface area contributed by atoms with Crippen LogP contribution in [0.1, 0.15) is 20.3 Å². The second-order valence-electron chi connectivity index (χ2n) is 4.88. The van der Waals surface area contributed by atoms with E-state index < -0.39 is 10.0 Å². The summed E-state index contributed by atoms with van der Waals surface area (Å²) in [4.78, 5) is 2.32. The van der Waals surface area contributed by atoms with Gasteiger partial charge in [0.15, 0.2) is 0 Å². The summed E-state index contributed by atoms with van der Waals surface area (Å²) >= 11 is 12.7. The van der Waals surface area contributed by atoms with Gasteiger partial charge in [0.25, 0.3) is 0 Å². The van der Waals surface area contributed by atoms with Crippen LogP contribution in [0.15, 0.2) is 11.0 Å². The highest BCUT2D eigenvalue weighted by molar-refractivity contribution is 7.89. The molecule has 1 aromatic heterocycles. The van der Waals surface area contributed by atoms with E-state index in [1.54, 1.807) is 0 Å². The monoisotopic (exact) mass is 342 g/mol. The first-order chi connectivity index (χ1) is 8.79. The number of hydrogen-bond donors (Lipinski definition) is 1. The van der Waals surface area contributed by atoms with Crippen LogP contribution in [-0.2, 0) is 10.0 Å². The van der Waals surface area contributed by atoms with Gasteiger partial charge in [-0.2, -0.15) is 0 Å². The van der Waals surface area contributed by atoms with Crippen molar-refractivity contribution in [3.8, 4) is 0 Å². The van der Waals surface area contributed by atoms with Crippen molar-refractivity contribution in [3.05, 3.63) is 14.7 Å². The lowest BCUT2D eigenvalue weighted by Gasteiger charge is -2.20. The molecule has 19 heavy (non-hydrogen) atoms. The van der Waals surface area contributed by atoms with E-state index in [0.717, 1.165) is 30.8 Å². The summed E-state index contributed by atoms with van der Waals surface area (Å²) < 4.78 is 27.8. The first-order valence-corrected chi connectivity index (χ1v) is 9.06. The Kier molecular flexibility index (Phi) is 4.80. The van der Waals surface area contributed by atoms with Crippen LogP contribution in [0.5, 0.6) is 0 Å². The number of nitrogens with zero attached hydrogens (tertiary/aromatic N) is 1. The molecule has 1 aliphatic rings. The van der Waals surface area contributed by atoms with Gasteiger partial charge < -0.3 is 0 Å². The average molecular weight is 343 g/mol. The van der Waals surface area contributed by atoms with Crippen molar-refractivity contribution in [1.82, 2.24) is 9.62 Å². The van der Waals surface area contributed by atoms with Gasteiger partial charge in [0, 0.05) is 25.2 Å². The Morgan fingerprint density at radius 2 is 2.16 bits per heavy atom. The third-order valence-corrected chi connectivity index (χ3v) is 6.46. The Hall–Kier alpha value is 0.150. The van der Waals surface area contributed by atoms with Gasteiger partial charge in [0.05, 0.1) is 4.34 Å². The summed E-state index contributed by atoms with van der Waals surface area (Å²) in [5, 5.41) is 0. The van der Waals surface area contributed by atoms with E-state index >= 15 is 0 Å². The standard InChI is InChI=1S/C11H16Cl2N2O2S2/c1-7(2)15-4-3-8(6-15)14-19(16,17)9-5-10(12)18-11(9)13/h5,7-8,14H,3-4,6H2,1-2H3/t8-/m0/s1. The van der Waals surface area contributed by atoms with Crippen LogP contribution in [0, 0.1) is 0 Å². The quantitative estimate of drug-likeness (QED) is 0.915. The highest BCUT2D eigenvalue weighted by Crippen LogP contribution is 2.34. The van der Waals surface area contributed by atoms with Crippen LogP contribution in [0.25, 0.3) is 0 Å². The van der Waals surface area contributed by atoms with Crippen molar-refractivity contribution in [2.24, 2.45) is 0 Å². The van der Waals surface area contributed by atoms with E-state index in [-0.39, 0.29) is 15.3 Å². The first-order valence-electron chi connectivity index (χ1n) is 6.01. The molecule has 0 aromatic carbocycles. The zero-order valence-corrected chi connectivity index (χ0v) is 13.8. The number of thiophene rings is 1. The summed E-state index contributed by atoms with van der Waals surface area (Å²) in [6.45, 7) is 5.84. The van der Waals surface area contributed by atoms with Crippen molar-refractivity contribution < 1.29 is 8.42 Å². The van der Waals surface area contributed by atoms with Crippen LogP contribution in [0.4, 0.5) is 0 Å². The molecule has 2 rings (SSSR count). The maximum atomic E-state index is 12.2. The van der Waals surface area contributed by atoms with E-state index in [0.29, 0.717) is 10.4 Å². The van der Waals surface area contributed by atoms with E-state index in [1.807, 2.05) is 0 Å². The maximum absolute atomic E-state index is 12.2. The summed E-state index contributed by atoms with van der Waals surface area (Å²) in [6, 6.07) is 1.75. The summed E-state index contributed by atoms with van der Waals surface area (Å²) in [5.41, 5.74) is 0. The molecular formula is C11H16Cl2N2O2S2.